The molecule has 1 aromatic heterocycles. The summed E-state index contributed by atoms with van der Waals surface area (Å²) in [5, 5.41) is 6.22. The number of nitrogens with two attached hydrogens (primary N) is 1. The fourth-order valence-corrected chi connectivity index (χ4v) is 4.21. The lowest BCUT2D eigenvalue weighted by Gasteiger charge is -2.13. The minimum absolute atomic E-state index is 0.0585. The Morgan fingerprint density at radius 1 is 0.882 bits per heavy atom. The van der Waals surface area contributed by atoms with Crippen LogP contribution < -0.4 is 16.0 Å². The standard InChI is InChI=1S/C24H19ClN4O4S/c1-14-10-11-15(34(26,32)33)12-18(14)23(30)28-29-24(31)19-13-22(17-7-2-4-8-20(17)25)27-21-9-5-3-6-16(19)21/h2-13H,1H3,(H,28,30)(H,29,31)(H2,26,32,33). The molecule has 1 heterocycles. The van der Waals surface area contributed by atoms with E-state index in [1.807, 2.05) is 6.07 Å². The second-order valence-corrected chi connectivity index (χ2v) is 9.45. The first kappa shape index (κ1) is 23.4. The largest absolute Gasteiger partial charge is 0.270 e. The number of nitrogens with one attached hydrogen (secondary N) is 2. The molecule has 2 amide bonds. The first-order valence-electron chi connectivity index (χ1n) is 10.0. The van der Waals surface area contributed by atoms with Gasteiger partial charge in [-0.25, -0.2) is 18.5 Å². The van der Waals surface area contributed by atoms with Crippen LogP contribution in [0.5, 0.6) is 0 Å². The molecule has 8 nitrogen and oxygen atoms in total. The summed E-state index contributed by atoms with van der Waals surface area (Å²) in [4.78, 5) is 30.2. The molecule has 4 N–H and O–H groups in total. The molecule has 0 aliphatic heterocycles. The van der Waals surface area contributed by atoms with Crippen LogP contribution in [0.15, 0.2) is 77.7 Å². The van der Waals surface area contributed by atoms with Crippen LogP contribution in [0, 0.1) is 6.92 Å². The van der Waals surface area contributed by atoms with Crippen molar-refractivity contribution in [2.45, 2.75) is 11.8 Å². The molecular formula is C24H19ClN4O4S. The summed E-state index contributed by atoms with van der Waals surface area (Å²) < 4.78 is 23.3. The molecule has 172 valence electrons. The minimum atomic E-state index is -3.99. The van der Waals surface area contributed by atoms with Gasteiger partial charge in [-0.2, -0.15) is 0 Å². The van der Waals surface area contributed by atoms with Crippen molar-refractivity contribution in [2.75, 3.05) is 0 Å². The highest BCUT2D eigenvalue weighted by molar-refractivity contribution is 7.89. The molecule has 0 aliphatic carbocycles. The van der Waals surface area contributed by atoms with Crippen LogP contribution in [0.2, 0.25) is 5.02 Å². The number of hydrogen-bond donors (Lipinski definition) is 3. The molecule has 0 saturated heterocycles. The predicted octanol–water partition coefficient (Wildman–Crippen LogP) is 3.59. The minimum Gasteiger partial charge on any atom is -0.267 e. The number of aryl methyl sites for hydroxylation is 1. The number of para-hydroxylation sites is 1. The third kappa shape index (κ3) is 4.76. The van der Waals surface area contributed by atoms with Gasteiger partial charge in [0, 0.05) is 21.5 Å². The van der Waals surface area contributed by atoms with Gasteiger partial charge in [0.2, 0.25) is 10.0 Å². The van der Waals surface area contributed by atoms with Gasteiger partial charge < -0.3 is 0 Å². The van der Waals surface area contributed by atoms with Gasteiger partial charge in [0.15, 0.2) is 0 Å². The lowest BCUT2D eigenvalue weighted by molar-refractivity contribution is 0.0847. The lowest BCUT2D eigenvalue weighted by Crippen LogP contribution is -2.42. The number of pyridine rings is 1. The number of amides is 2. The second kappa shape index (κ2) is 9.22. The molecule has 0 atom stereocenters. The summed E-state index contributed by atoms with van der Waals surface area (Å²) in [5.41, 5.74) is 7.29. The summed E-state index contributed by atoms with van der Waals surface area (Å²) in [6, 6.07) is 19.7. The molecule has 0 unspecified atom stereocenters. The number of sulfonamides is 1. The van der Waals surface area contributed by atoms with Crippen LogP contribution in [0.25, 0.3) is 22.2 Å². The highest BCUT2D eigenvalue weighted by Gasteiger charge is 2.18. The molecule has 0 spiro atoms. The van der Waals surface area contributed by atoms with E-state index in [0.717, 1.165) is 6.07 Å². The van der Waals surface area contributed by atoms with Gasteiger partial charge in [0.25, 0.3) is 11.8 Å². The maximum absolute atomic E-state index is 13.1. The fourth-order valence-electron chi connectivity index (χ4n) is 3.44. The van der Waals surface area contributed by atoms with Crippen molar-refractivity contribution in [1.29, 1.82) is 0 Å². The number of benzene rings is 3. The van der Waals surface area contributed by atoms with E-state index in [0.29, 0.717) is 32.7 Å². The van der Waals surface area contributed by atoms with Gasteiger partial charge in [-0.05, 0) is 42.8 Å². The van der Waals surface area contributed by atoms with E-state index in [1.165, 1.54) is 12.1 Å². The molecule has 10 heteroatoms. The number of halogens is 1. The molecule has 34 heavy (non-hydrogen) atoms. The van der Waals surface area contributed by atoms with Crippen molar-refractivity contribution in [1.82, 2.24) is 15.8 Å². The van der Waals surface area contributed by atoms with Crippen LogP contribution in [-0.2, 0) is 10.0 Å². The smallest absolute Gasteiger partial charge is 0.267 e. The van der Waals surface area contributed by atoms with Gasteiger partial charge in [-0.15, -0.1) is 0 Å². The number of fused-ring (bicyclic) bond motifs is 1. The van der Waals surface area contributed by atoms with E-state index < -0.39 is 21.8 Å². The maximum atomic E-state index is 13.1. The number of carbonyl (C=O) groups excluding carboxylic acids is 2. The van der Waals surface area contributed by atoms with Crippen LogP contribution in [-0.4, -0.2) is 25.2 Å². The number of nitrogens with zero attached hydrogens (tertiary/aromatic N) is 1. The third-order valence-corrected chi connectivity index (χ3v) is 6.42. The van der Waals surface area contributed by atoms with E-state index in [9.17, 15) is 18.0 Å². The van der Waals surface area contributed by atoms with E-state index in [2.05, 4.69) is 15.8 Å². The summed E-state index contributed by atoms with van der Waals surface area (Å²) in [7, 11) is -3.99. The van der Waals surface area contributed by atoms with E-state index in [-0.39, 0.29) is 16.0 Å². The molecule has 0 bridgehead atoms. The Labute approximate surface area is 200 Å². The normalized spacial score (nSPS) is 11.3. The number of rotatable bonds is 4. The number of carbonyl (C=O) groups is 2. The van der Waals surface area contributed by atoms with Crippen molar-refractivity contribution < 1.29 is 18.0 Å². The number of primary sulfonamides is 1. The van der Waals surface area contributed by atoms with Crippen molar-refractivity contribution in [3.05, 3.63) is 94.5 Å². The zero-order chi connectivity index (χ0) is 24.5. The summed E-state index contributed by atoms with van der Waals surface area (Å²) in [6.45, 7) is 1.63. The Kier molecular flexibility index (Phi) is 6.34. The maximum Gasteiger partial charge on any atom is 0.270 e. The number of hydrogen-bond acceptors (Lipinski definition) is 5. The lowest BCUT2D eigenvalue weighted by atomic mass is 10.0. The quantitative estimate of drug-likeness (QED) is 0.373. The summed E-state index contributed by atoms with van der Waals surface area (Å²) in [5.74, 6) is -1.28. The molecule has 4 aromatic rings. The summed E-state index contributed by atoms with van der Waals surface area (Å²) >= 11 is 6.32. The molecular weight excluding hydrogens is 476 g/mol. The van der Waals surface area contributed by atoms with Gasteiger partial charge in [0.1, 0.15) is 0 Å². The first-order chi connectivity index (χ1) is 16.1. The molecule has 0 fully saturated rings. The molecule has 3 aromatic carbocycles. The van der Waals surface area contributed by atoms with Gasteiger partial charge in [-0.3, -0.25) is 20.4 Å². The van der Waals surface area contributed by atoms with Crippen molar-refractivity contribution in [2.24, 2.45) is 5.14 Å². The molecule has 0 saturated carbocycles. The predicted molar refractivity (Wildman–Crippen MR) is 130 cm³/mol. The van der Waals surface area contributed by atoms with E-state index in [1.54, 1.807) is 55.5 Å². The number of hydrazine groups is 1. The van der Waals surface area contributed by atoms with Crippen LogP contribution in [0.1, 0.15) is 26.3 Å². The summed E-state index contributed by atoms with van der Waals surface area (Å²) in [6.07, 6.45) is 0. The van der Waals surface area contributed by atoms with E-state index in [4.69, 9.17) is 16.7 Å². The van der Waals surface area contributed by atoms with Crippen LogP contribution in [0.4, 0.5) is 0 Å². The number of aromatic nitrogens is 1. The van der Waals surface area contributed by atoms with Crippen molar-refractivity contribution in [3.8, 4) is 11.3 Å². The first-order valence-corrected chi connectivity index (χ1v) is 12.0. The Balaban J connectivity index is 1.65. The Morgan fingerprint density at radius 3 is 2.24 bits per heavy atom. The molecule has 0 aliphatic rings. The zero-order valence-electron chi connectivity index (χ0n) is 17.9. The average Bonchev–Trinajstić information content (AvgIpc) is 2.81. The average molecular weight is 495 g/mol. The Morgan fingerprint density at radius 2 is 1.53 bits per heavy atom. The van der Waals surface area contributed by atoms with Gasteiger partial charge in [0.05, 0.1) is 21.7 Å². The monoisotopic (exact) mass is 494 g/mol. The zero-order valence-corrected chi connectivity index (χ0v) is 19.4. The Hall–Kier alpha value is -3.79. The second-order valence-electron chi connectivity index (χ2n) is 7.48. The van der Waals surface area contributed by atoms with Crippen LogP contribution in [0.3, 0.4) is 0 Å². The van der Waals surface area contributed by atoms with Crippen molar-refractivity contribution in [3.63, 3.8) is 0 Å². The third-order valence-electron chi connectivity index (χ3n) is 5.18. The SMILES string of the molecule is Cc1ccc(S(N)(=O)=O)cc1C(=O)NNC(=O)c1cc(-c2ccccc2Cl)nc2ccccc12. The van der Waals surface area contributed by atoms with Crippen molar-refractivity contribution >= 4 is 44.3 Å². The topological polar surface area (TPSA) is 131 Å². The highest BCUT2D eigenvalue weighted by Crippen LogP contribution is 2.29. The molecule has 0 radical (unpaired) electrons. The fraction of sp³-hybridized carbons (Fsp3) is 0.0417. The highest BCUT2D eigenvalue weighted by atomic mass is 35.5. The Bertz CT molecular complexity index is 1550. The van der Waals surface area contributed by atoms with E-state index >= 15 is 0 Å². The van der Waals surface area contributed by atoms with Crippen LogP contribution >= 0.6 is 11.6 Å². The van der Waals surface area contributed by atoms with Gasteiger partial charge in [-0.1, -0.05) is 54.1 Å². The van der Waals surface area contributed by atoms with Gasteiger partial charge >= 0.3 is 0 Å². The molecule has 4 rings (SSSR count).